The fourth-order valence-corrected chi connectivity index (χ4v) is 2.71. The molecular formula is C15H21N5OS. The van der Waals surface area contributed by atoms with E-state index in [0.717, 1.165) is 17.7 Å². The van der Waals surface area contributed by atoms with Gasteiger partial charge in [0.05, 0.1) is 11.4 Å². The first-order valence-corrected chi connectivity index (χ1v) is 8.28. The van der Waals surface area contributed by atoms with E-state index in [1.807, 2.05) is 39.8 Å². The smallest absolute Gasteiger partial charge is 0.230 e. The van der Waals surface area contributed by atoms with Crippen LogP contribution in [0.3, 0.4) is 0 Å². The van der Waals surface area contributed by atoms with Crippen LogP contribution in [0.15, 0.2) is 23.4 Å². The van der Waals surface area contributed by atoms with Crippen LogP contribution in [0.4, 0.5) is 0 Å². The summed E-state index contributed by atoms with van der Waals surface area (Å²) in [6.07, 6.45) is 0.913. The van der Waals surface area contributed by atoms with Crippen LogP contribution in [-0.4, -0.2) is 37.9 Å². The molecule has 7 heteroatoms. The monoisotopic (exact) mass is 319 g/mol. The molecule has 22 heavy (non-hydrogen) atoms. The molecule has 1 unspecified atom stereocenters. The third-order valence-corrected chi connectivity index (χ3v) is 4.29. The average molecular weight is 319 g/mol. The van der Waals surface area contributed by atoms with E-state index in [2.05, 4.69) is 26.9 Å². The van der Waals surface area contributed by atoms with Gasteiger partial charge in [-0.2, -0.15) is 4.68 Å². The lowest BCUT2D eigenvalue weighted by atomic mass is 10.1. The van der Waals surface area contributed by atoms with Crippen molar-refractivity contribution >= 4 is 17.7 Å². The molecule has 0 bridgehead atoms. The van der Waals surface area contributed by atoms with Gasteiger partial charge < -0.3 is 5.32 Å². The molecule has 0 saturated carbocycles. The summed E-state index contributed by atoms with van der Waals surface area (Å²) in [6.45, 7) is 8.10. The van der Waals surface area contributed by atoms with Gasteiger partial charge in [-0.05, 0) is 49.2 Å². The lowest BCUT2D eigenvalue weighted by Crippen LogP contribution is -2.33. The second kappa shape index (κ2) is 7.40. The van der Waals surface area contributed by atoms with Gasteiger partial charge in [-0.1, -0.05) is 36.4 Å². The van der Waals surface area contributed by atoms with Crippen LogP contribution in [-0.2, 0) is 4.79 Å². The summed E-state index contributed by atoms with van der Waals surface area (Å²) < 4.78 is 1.68. The first kappa shape index (κ1) is 16.5. The number of nitrogens with zero attached hydrogens (tertiary/aromatic N) is 4. The highest BCUT2D eigenvalue weighted by atomic mass is 32.2. The van der Waals surface area contributed by atoms with E-state index in [9.17, 15) is 4.79 Å². The van der Waals surface area contributed by atoms with E-state index in [1.165, 1.54) is 17.3 Å². The number of nitrogens with one attached hydrogen (secondary N) is 1. The predicted octanol–water partition coefficient (Wildman–Crippen LogP) is 2.29. The topological polar surface area (TPSA) is 72.7 Å². The highest BCUT2D eigenvalue weighted by Gasteiger charge is 2.13. The van der Waals surface area contributed by atoms with Crippen molar-refractivity contribution in [3.63, 3.8) is 0 Å². The van der Waals surface area contributed by atoms with Crippen molar-refractivity contribution in [2.24, 2.45) is 0 Å². The zero-order chi connectivity index (χ0) is 16.1. The first-order valence-electron chi connectivity index (χ1n) is 7.29. The number of thioether (sulfide) groups is 1. The van der Waals surface area contributed by atoms with Crippen LogP contribution in [0.1, 0.15) is 31.4 Å². The van der Waals surface area contributed by atoms with Crippen molar-refractivity contribution in [2.75, 3.05) is 5.75 Å². The minimum Gasteiger partial charge on any atom is -0.353 e. The van der Waals surface area contributed by atoms with Crippen LogP contribution in [0, 0.1) is 13.8 Å². The molecule has 1 heterocycles. The number of carbonyl (C=O) groups excluding carboxylic acids is 1. The molecule has 0 saturated heterocycles. The molecule has 6 nitrogen and oxygen atoms in total. The van der Waals surface area contributed by atoms with E-state index in [-0.39, 0.29) is 11.9 Å². The molecule has 2 rings (SSSR count). The molecule has 0 aliphatic rings. The van der Waals surface area contributed by atoms with E-state index in [1.54, 1.807) is 4.68 Å². The summed E-state index contributed by atoms with van der Waals surface area (Å²) in [6, 6.07) is 6.28. The third-order valence-electron chi connectivity index (χ3n) is 3.37. The Morgan fingerprint density at radius 1 is 1.41 bits per heavy atom. The quantitative estimate of drug-likeness (QED) is 0.827. The molecule has 1 atom stereocenters. The van der Waals surface area contributed by atoms with Gasteiger partial charge in [-0.15, -0.1) is 5.10 Å². The van der Waals surface area contributed by atoms with Crippen LogP contribution >= 0.6 is 11.8 Å². The Balaban J connectivity index is 2.08. The second-order valence-corrected chi connectivity index (χ2v) is 6.27. The molecular weight excluding hydrogens is 298 g/mol. The number of rotatable bonds is 6. The fraction of sp³-hybridized carbons (Fsp3) is 0.467. The molecule has 0 fully saturated rings. The molecule has 0 spiro atoms. The Kier molecular flexibility index (Phi) is 5.54. The van der Waals surface area contributed by atoms with Crippen LogP contribution in [0.5, 0.6) is 0 Å². The maximum atomic E-state index is 11.9. The highest BCUT2D eigenvalue weighted by molar-refractivity contribution is 7.99. The Morgan fingerprint density at radius 2 is 2.18 bits per heavy atom. The fourth-order valence-electron chi connectivity index (χ4n) is 2.01. The third kappa shape index (κ3) is 4.07. The summed E-state index contributed by atoms with van der Waals surface area (Å²) in [5, 5.41) is 15.3. The Hall–Kier alpha value is -1.89. The zero-order valence-corrected chi connectivity index (χ0v) is 14.1. The molecule has 0 radical (unpaired) electrons. The molecule has 2 aromatic rings. The number of aryl methyl sites for hydroxylation is 2. The molecule has 118 valence electrons. The number of tetrazole rings is 1. The van der Waals surface area contributed by atoms with Gasteiger partial charge in [-0.3, -0.25) is 4.79 Å². The summed E-state index contributed by atoms with van der Waals surface area (Å²) in [4.78, 5) is 11.9. The standard InChI is InChI=1S/C15H21N5OS/c1-5-12(4)16-14(21)9-22-15-17-18-19-20(15)13-7-6-10(2)8-11(13)3/h6-8,12H,5,9H2,1-4H3,(H,16,21). The van der Waals surface area contributed by atoms with E-state index < -0.39 is 0 Å². The minimum atomic E-state index is -0.00507. The Labute approximate surface area is 134 Å². The molecule has 1 aromatic carbocycles. The van der Waals surface area contributed by atoms with Gasteiger partial charge >= 0.3 is 0 Å². The number of amides is 1. The maximum Gasteiger partial charge on any atom is 0.230 e. The van der Waals surface area contributed by atoms with Gasteiger partial charge in [0.25, 0.3) is 0 Å². The molecule has 0 aliphatic carbocycles. The number of hydrogen-bond donors (Lipinski definition) is 1. The number of aromatic nitrogens is 4. The van der Waals surface area contributed by atoms with Crippen molar-refractivity contribution in [2.45, 2.75) is 45.3 Å². The molecule has 1 amide bonds. The normalized spacial score (nSPS) is 12.2. The van der Waals surface area contributed by atoms with Gasteiger partial charge in [0.2, 0.25) is 11.1 Å². The maximum absolute atomic E-state index is 11.9. The van der Waals surface area contributed by atoms with E-state index in [0.29, 0.717) is 10.9 Å². The highest BCUT2D eigenvalue weighted by Crippen LogP contribution is 2.21. The predicted molar refractivity (Wildman–Crippen MR) is 87.2 cm³/mol. The number of benzene rings is 1. The average Bonchev–Trinajstić information content (AvgIpc) is 2.93. The first-order chi connectivity index (χ1) is 10.5. The molecule has 0 aliphatic heterocycles. The minimum absolute atomic E-state index is 0.00507. The largest absolute Gasteiger partial charge is 0.353 e. The van der Waals surface area contributed by atoms with Crippen molar-refractivity contribution in [3.05, 3.63) is 29.3 Å². The van der Waals surface area contributed by atoms with Crippen molar-refractivity contribution < 1.29 is 4.79 Å². The van der Waals surface area contributed by atoms with E-state index in [4.69, 9.17) is 0 Å². The van der Waals surface area contributed by atoms with Gasteiger partial charge in [0, 0.05) is 6.04 Å². The van der Waals surface area contributed by atoms with Crippen LogP contribution < -0.4 is 5.32 Å². The van der Waals surface area contributed by atoms with Crippen molar-refractivity contribution in [1.29, 1.82) is 0 Å². The number of carbonyl (C=O) groups is 1. The summed E-state index contributed by atoms with van der Waals surface area (Å²) in [5.74, 6) is 0.296. The van der Waals surface area contributed by atoms with Crippen molar-refractivity contribution in [1.82, 2.24) is 25.5 Å². The lowest BCUT2D eigenvalue weighted by molar-refractivity contribution is -0.119. The van der Waals surface area contributed by atoms with Crippen molar-refractivity contribution in [3.8, 4) is 5.69 Å². The molecule has 1 aromatic heterocycles. The van der Waals surface area contributed by atoms with E-state index >= 15 is 0 Å². The van der Waals surface area contributed by atoms with Gasteiger partial charge in [0.15, 0.2) is 0 Å². The zero-order valence-electron chi connectivity index (χ0n) is 13.3. The Morgan fingerprint density at radius 3 is 2.86 bits per heavy atom. The van der Waals surface area contributed by atoms with Gasteiger partial charge in [-0.25, -0.2) is 0 Å². The van der Waals surface area contributed by atoms with Crippen LogP contribution in [0.25, 0.3) is 5.69 Å². The Bertz CT molecular complexity index is 655. The SMILES string of the molecule is CCC(C)NC(=O)CSc1nnnn1-c1ccc(C)cc1C. The summed E-state index contributed by atoms with van der Waals surface area (Å²) in [5.41, 5.74) is 3.22. The summed E-state index contributed by atoms with van der Waals surface area (Å²) >= 11 is 1.34. The molecule has 1 N–H and O–H groups in total. The van der Waals surface area contributed by atoms with Gasteiger partial charge in [0.1, 0.15) is 0 Å². The second-order valence-electron chi connectivity index (χ2n) is 5.33. The summed E-state index contributed by atoms with van der Waals surface area (Å²) in [7, 11) is 0. The lowest BCUT2D eigenvalue weighted by Gasteiger charge is -2.11. The number of hydrogen-bond acceptors (Lipinski definition) is 5. The van der Waals surface area contributed by atoms with Crippen LogP contribution in [0.2, 0.25) is 0 Å².